The summed E-state index contributed by atoms with van der Waals surface area (Å²) < 4.78 is 10.5. The van der Waals surface area contributed by atoms with E-state index in [0.29, 0.717) is 60.8 Å². The van der Waals surface area contributed by atoms with Gasteiger partial charge in [-0.15, -0.1) is 0 Å². The maximum absolute atomic E-state index is 12.9. The van der Waals surface area contributed by atoms with E-state index in [1.54, 1.807) is 52.3 Å². The molecule has 0 unspecified atom stereocenters. The van der Waals surface area contributed by atoms with Crippen LogP contribution in [0.3, 0.4) is 0 Å². The van der Waals surface area contributed by atoms with Gasteiger partial charge in [-0.05, 0) is 36.8 Å². The maximum Gasteiger partial charge on any atom is 0.261 e. The number of nitrogens with zero attached hydrogens (tertiary/aromatic N) is 3. The highest BCUT2D eigenvalue weighted by molar-refractivity contribution is 6.21. The van der Waals surface area contributed by atoms with Crippen LogP contribution in [0, 0.1) is 0 Å². The molecule has 2 aromatic rings. The highest BCUT2D eigenvalue weighted by Gasteiger charge is 2.34. The van der Waals surface area contributed by atoms with Crippen molar-refractivity contribution in [2.24, 2.45) is 0 Å². The molecule has 2 aromatic carbocycles. The van der Waals surface area contributed by atoms with E-state index < -0.39 is 0 Å². The minimum atomic E-state index is -0.310. The van der Waals surface area contributed by atoms with Crippen LogP contribution in [0.5, 0.6) is 11.5 Å². The molecule has 0 spiro atoms. The SMILES string of the molecule is COc1ccc(C(=O)N2CCN(C(=O)CCCN3C(=O)c4ccccc4C3=O)CC2)cc1OC. The number of imide groups is 1. The number of rotatable bonds is 7. The Kier molecular flexibility index (Phi) is 6.81. The van der Waals surface area contributed by atoms with Crippen molar-refractivity contribution < 1.29 is 28.7 Å². The van der Waals surface area contributed by atoms with E-state index in [-0.39, 0.29) is 36.6 Å². The molecule has 0 aliphatic carbocycles. The number of carbonyl (C=O) groups excluding carboxylic acids is 4. The Morgan fingerprint density at radius 2 is 1.41 bits per heavy atom. The van der Waals surface area contributed by atoms with Crippen LogP contribution in [-0.2, 0) is 4.79 Å². The predicted octanol–water partition coefficient (Wildman–Crippen LogP) is 2.06. The molecule has 2 aliphatic rings. The van der Waals surface area contributed by atoms with Crippen LogP contribution >= 0.6 is 0 Å². The molecule has 0 radical (unpaired) electrons. The zero-order chi connectivity index (χ0) is 24.2. The number of fused-ring (bicyclic) bond motifs is 1. The Morgan fingerprint density at radius 1 is 0.824 bits per heavy atom. The molecule has 4 amide bonds. The Bertz CT molecular complexity index is 1090. The van der Waals surface area contributed by atoms with Gasteiger partial charge in [-0.2, -0.15) is 0 Å². The number of piperazine rings is 1. The second-order valence-corrected chi connectivity index (χ2v) is 8.15. The van der Waals surface area contributed by atoms with E-state index in [2.05, 4.69) is 0 Å². The first-order chi connectivity index (χ1) is 16.4. The average molecular weight is 466 g/mol. The fourth-order valence-corrected chi connectivity index (χ4v) is 4.30. The quantitative estimate of drug-likeness (QED) is 0.581. The second kappa shape index (κ2) is 9.94. The lowest BCUT2D eigenvalue weighted by Gasteiger charge is -2.35. The third kappa shape index (κ3) is 4.46. The molecule has 0 saturated carbocycles. The van der Waals surface area contributed by atoms with Gasteiger partial charge < -0.3 is 19.3 Å². The molecule has 4 rings (SSSR count). The van der Waals surface area contributed by atoms with E-state index in [1.807, 2.05) is 0 Å². The van der Waals surface area contributed by atoms with Crippen molar-refractivity contribution in [3.8, 4) is 11.5 Å². The molecule has 34 heavy (non-hydrogen) atoms. The molecule has 2 heterocycles. The summed E-state index contributed by atoms with van der Waals surface area (Å²) in [5.41, 5.74) is 1.32. The van der Waals surface area contributed by atoms with Gasteiger partial charge in [-0.1, -0.05) is 12.1 Å². The van der Waals surface area contributed by atoms with E-state index in [0.717, 1.165) is 0 Å². The minimum absolute atomic E-state index is 0.0465. The van der Waals surface area contributed by atoms with Gasteiger partial charge in [0.2, 0.25) is 5.91 Å². The third-order valence-corrected chi connectivity index (χ3v) is 6.20. The number of benzene rings is 2. The molecular weight excluding hydrogens is 438 g/mol. The highest BCUT2D eigenvalue weighted by atomic mass is 16.5. The van der Waals surface area contributed by atoms with Crippen LogP contribution in [-0.4, -0.2) is 85.3 Å². The molecule has 178 valence electrons. The van der Waals surface area contributed by atoms with E-state index >= 15 is 0 Å². The lowest BCUT2D eigenvalue weighted by Crippen LogP contribution is -2.50. The van der Waals surface area contributed by atoms with Crippen molar-refractivity contribution in [3.63, 3.8) is 0 Å². The van der Waals surface area contributed by atoms with Crippen molar-refractivity contribution >= 4 is 23.6 Å². The molecule has 1 saturated heterocycles. The maximum atomic E-state index is 12.9. The van der Waals surface area contributed by atoms with Crippen LogP contribution in [0.25, 0.3) is 0 Å². The number of methoxy groups -OCH3 is 2. The van der Waals surface area contributed by atoms with Crippen molar-refractivity contribution in [3.05, 3.63) is 59.2 Å². The van der Waals surface area contributed by atoms with Crippen molar-refractivity contribution in [2.75, 3.05) is 46.9 Å². The van der Waals surface area contributed by atoms with Crippen LogP contribution in [0.2, 0.25) is 0 Å². The molecule has 0 bridgehead atoms. The van der Waals surface area contributed by atoms with Crippen LogP contribution < -0.4 is 9.47 Å². The summed E-state index contributed by atoms with van der Waals surface area (Å²) >= 11 is 0. The van der Waals surface area contributed by atoms with Crippen LogP contribution in [0.15, 0.2) is 42.5 Å². The van der Waals surface area contributed by atoms with E-state index in [4.69, 9.17) is 9.47 Å². The minimum Gasteiger partial charge on any atom is -0.493 e. The van der Waals surface area contributed by atoms with Gasteiger partial charge in [-0.3, -0.25) is 24.1 Å². The lowest BCUT2D eigenvalue weighted by molar-refractivity contribution is -0.132. The summed E-state index contributed by atoms with van der Waals surface area (Å²) in [6.45, 7) is 1.93. The summed E-state index contributed by atoms with van der Waals surface area (Å²) in [7, 11) is 3.06. The molecular formula is C25H27N3O6. The second-order valence-electron chi connectivity index (χ2n) is 8.15. The molecule has 2 aliphatic heterocycles. The lowest BCUT2D eigenvalue weighted by atomic mass is 10.1. The average Bonchev–Trinajstić information content (AvgIpc) is 3.12. The first-order valence-corrected chi connectivity index (χ1v) is 11.2. The largest absolute Gasteiger partial charge is 0.493 e. The molecule has 0 aromatic heterocycles. The Morgan fingerprint density at radius 3 is 2.00 bits per heavy atom. The number of hydrogen-bond donors (Lipinski definition) is 0. The number of amides is 4. The van der Waals surface area contributed by atoms with Gasteiger partial charge in [0.05, 0.1) is 25.3 Å². The summed E-state index contributed by atoms with van der Waals surface area (Å²) in [6.07, 6.45) is 0.631. The first-order valence-electron chi connectivity index (χ1n) is 11.2. The third-order valence-electron chi connectivity index (χ3n) is 6.20. The monoisotopic (exact) mass is 465 g/mol. The Balaban J connectivity index is 1.25. The summed E-state index contributed by atoms with van der Waals surface area (Å²) in [5, 5.41) is 0. The van der Waals surface area contributed by atoms with Crippen molar-refractivity contribution in [1.29, 1.82) is 0 Å². The molecule has 0 N–H and O–H groups in total. The smallest absolute Gasteiger partial charge is 0.261 e. The molecule has 0 atom stereocenters. The van der Waals surface area contributed by atoms with E-state index in [9.17, 15) is 19.2 Å². The predicted molar refractivity (Wildman–Crippen MR) is 123 cm³/mol. The van der Waals surface area contributed by atoms with Crippen molar-refractivity contribution in [2.45, 2.75) is 12.8 Å². The Labute approximate surface area is 197 Å². The molecule has 9 heteroatoms. The summed E-state index contributed by atoms with van der Waals surface area (Å²) in [6, 6.07) is 11.8. The zero-order valence-corrected chi connectivity index (χ0v) is 19.3. The van der Waals surface area contributed by atoms with Gasteiger partial charge in [0, 0.05) is 44.7 Å². The topological polar surface area (TPSA) is 96.5 Å². The zero-order valence-electron chi connectivity index (χ0n) is 19.3. The fraction of sp³-hybridized carbons (Fsp3) is 0.360. The van der Waals surface area contributed by atoms with Gasteiger partial charge >= 0.3 is 0 Å². The van der Waals surface area contributed by atoms with Crippen LogP contribution in [0.1, 0.15) is 43.9 Å². The van der Waals surface area contributed by atoms with E-state index in [1.165, 1.54) is 19.1 Å². The highest BCUT2D eigenvalue weighted by Crippen LogP contribution is 2.28. The van der Waals surface area contributed by atoms with Crippen molar-refractivity contribution in [1.82, 2.24) is 14.7 Å². The van der Waals surface area contributed by atoms with Crippen LogP contribution in [0.4, 0.5) is 0 Å². The molecule has 9 nitrogen and oxygen atoms in total. The number of hydrogen-bond acceptors (Lipinski definition) is 6. The normalized spacial score (nSPS) is 15.4. The van der Waals surface area contributed by atoms with Gasteiger partial charge in [0.25, 0.3) is 17.7 Å². The van der Waals surface area contributed by atoms with Gasteiger partial charge in [-0.25, -0.2) is 0 Å². The van der Waals surface area contributed by atoms with Gasteiger partial charge in [0.15, 0.2) is 11.5 Å². The van der Waals surface area contributed by atoms with Gasteiger partial charge in [0.1, 0.15) is 0 Å². The summed E-state index contributed by atoms with van der Waals surface area (Å²) in [4.78, 5) is 55.0. The summed E-state index contributed by atoms with van der Waals surface area (Å²) in [5.74, 6) is 0.245. The fourth-order valence-electron chi connectivity index (χ4n) is 4.30. The number of carbonyl (C=O) groups is 4. The first kappa shape index (κ1) is 23.3. The number of ether oxygens (including phenoxy) is 2. The standard InChI is InChI=1S/C25H27N3O6/c1-33-20-10-9-17(16-21(20)34-2)23(30)27-14-12-26(13-15-27)22(29)8-5-11-28-24(31)18-6-3-4-7-19(18)25(28)32/h3-4,6-7,9-10,16H,5,8,11-15H2,1-2H3. The Hall–Kier alpha value is -3.88. The molecule has 1 fully saturated rings.